The number of nitrogens with one attached hydrogen (secondary N) is 2. The van der Waals surface area contributed by atoms with E-state index in [4.69, 9.17) is 4.98 Å². The predicted octanol–water partition coefficient (Wildman–Crippen LogP) is 2.77. The smallest absolute Gasteiger partial charge is 0.336 e. The first-order valence-electron chi connectivity index (χ1n) is 10.5. The number of carbonyl (C=O) groups is 3. The molecule has 5 rings (SSSR count). The fraction of sp³-hybridized carbons (Fsp3) is 0.250. The zero-order chi connectivity index (χ0) is 22.3. The Labute approximate surface area is 184 Å². The van der Waals surface area contributed by atoms with Gasteiger partial charge >= 0.3 is 12.0 Å². The molecule has 1 aromatic heterocycles. The molecule has 3 aromatic rings. The number of imide groups is 1. The summed E-state index contributed by atoms with van der Waals surface area (Å²) in [7, 11) is 0. The molecular formula is C24H22N4O4. The van der Waals surface area contributed by atoms with Crippen LogP contribution in [0.15, 0.2) is 54.6 Å². The van der Waals surface area contributed by atoms with Gasteiger partial charge in [0.15, 0.2) is 0 Å². The molecule has 0 unspecified atom stereocenters. The highest BCUT2D eigenvalue weighted by atomic mass is 16.4. The summed E-state index contributed by atoms with van der Waals surface area (Å²) in [5.41, 5.74) is 2.17. The Balaban J connectivity index is 1.54. The average molecular weight is 430 g/mol. The maximum atomic E-state index is 12.4. The maximum Gasteiger partial charge on any atom is 0.336 e. The summed E-state index contributed by atoms with van der Waals surface area (Å²) in [6, 6.07) is 16.4. The molecule has 8 heteroatoms. The van der Waals surface area contributed by atoms with E-state index in [1.807, 2.05) is 48.5 Å². The number of nitrogens with zero attached hydrogens (tertiary/aromatic N) is 2. The maximum absolute atomic E-state index is 12.4. The summed E-state index contributed by atoms with van der Waals surface area (Å²) >= 11 is 0. The van der Waals surface area contributed by atoms with Crippen LogP contribution < -0.4 is 10.6 Å². The Morgan fingerprint density at radius 1 is 1.03 bits per heavy atom. The number of carbonyl (C=O) groups excluding carboxylic acids is 2. The lowest BCUT2D eigenvalue weighted by molar-refractivity contribution is -0.125. The van der Waals surface area contributed by atoms with Crippen LogP contribution in [0.3, 0.4) is 0 Å². The van der Waals surface area contributed by atoms with Gasteiger partial charge in [0, 0.05) is 36.1 Å². The number of carboxylic acids is 1. The second kappa shape index (κ2) is 7.72. The minimum atomic E-state index is -0.994. The van der Waals surface area contributed by atoms with Crippen molar-refractivity contribution in [1.29, 1.82) is 0 Å². The van der Waals surface area contributed by atoms with Gasteiger partial charge < -0.3 is 10.4 Å². The number of hydrogen-bond acceptors (Lipinski definition) is 5. The quantitative estimate of drug-likeness (QED) is 0.549. The topological polar surface area (TPSA) is 112 Å². The first-order valence-corrected chi connectivity index (χ1v) is 10.5. The minimum Gasteiger partial charge on any atom is -0.478 e. The molecule has 3 N–H and O–H groups in total. The fourth-order valence-corrected chi connectivity index (χ4v) is 4.68. The monoisotopic (exact) mass is 430 g/mol. The number of hydrogen-bond donors (Lipinski definition) is 3. The molecule has 3 heterocycles. The average Bonchev–Trinajstić information content (AvgIpc) is 3.07. The molecule has 0 saturated carbocycles. The molecule has 0 atom stereocenters. The van der Waals surface area contributed by atoms with Crippen molar-refractivity contribution in [3.05, 3.63) is 65.7 Å². The van der Waals surface area contributed by atoms with Crippen LogP contribution in [0.1, 0.15) is 28.8 Å². The molecule has 0 aliphatic carbocycles. The number of aromatic nitrogens is 1. The molecule has 3 amide bonds. The van der Waals surface area contributed by atoms with Crippen LogP contribution in [0.25, 0.3) is 22.2 Å². The van der Waals surface area contributed by atoms with E-state index >= 15 is 0 Å². The van der Waals surface area contributed by atoms with Crippen LogP contribution >= 0.6 is 0 Å². The first kappa shape index (κ1) is 20.1. The third-order valence-corrected chi connectivity index (χ3v) is 6.36. The van der Waals surface area contributed by atoms with Gasteiger partial charge in [-0.1, -0.05) is 48.5 Å². The zero-order valence-corrected chi connectivity index (χ0v) is 17.3. The molecule has 2 aliphatic heterocycles. The highest BCUT2D eigenvalue weighted by Crippen LogP contribution is 2.33. The number of likely N-dealkylation sites (tertiary alicyclic amines) is 1. The summed E-state index contributed by atoms with van der Waals surface area (Å²) in [6.45, 7) is 1.48. The van der Waals surface area contributed by atoms with Gasteiger partial charge in [0.2, 0.25) is 0 Å². The predicted molar refractivity (Wildman–Crippen MR) is 118 cm³/mol. The van der Waals surface area contributed by atoms with Crippen LogP contribution in [0.5, 0.6) is 0 Å². The van der Waals surface area contributed by atoms with Crippen molar-refractivity contribution in [1.82, 2.24) is 20.5 Å². The third-order valence-electron chi connectivity index (χ3n) is 6.36. The normalized spacial score (nSPS) is 18.0. The number of para-hydroxylation sites is 1. The van der Waals surface area contributed by atoms with Crippen molar-refractivity contribution >= 4 is 28.8 Å². The van der Waals surface area contributed by atoms with Crippen molar-refractivity contribution in [3.63, 3.8) is 0 Å². The molecule has 162 valence electrons. The Hall–Kier alpha value is -3.78. The lowest BCUT2D eigenvalue weighted by Crippen LogP contribution is -2.54. The highest BCUT2D eigenvalue weighted by Gasteiger charge is 2.47. The van der Waals surface area contributed by atoms with Gasteiger partial charge in [-0.2, -0.15) is 0 Å². The SMILES string of the molecule is O=C1NC(=O)C2(CCN(Cc3c(-c4ccccc4)nc4ccccc4c3C(=O)O)CC2)N1. The number of fused-ring (bicyclic) bond motifs is 1. The number of pyridine rings is 1. The Morgan fingerprint density at radius 2 is 1.72 bits per heavy atom. The second-order valence-corrected chi connectivity index (χ2v) is 8.27. The van der Waals surface area contributed by atoms with Crippen molar-refractivity contribution in [2.45, 2.75) is 24.9 Å². The van der Waals surface area contributed by atoms with E-state index < -0.39 is 17.5 Å². The third kappa shape index (κ3) is 3.38. The molecule has 0 radical (unpaired) electrons. The minimum absolute atomic E-state index is 0.252. The standard InChI is InChI=1S/C24H22N4O4/c29-21(30)19-16-8-4-5-9-18(16)25-20(15-6-2-1-3-7-15)17(19)14-28-12-10-24(11-13-28)22(31)26-23(32)27-24/h1-9H,10-14H2,(H,29,30)(H2,26,27,31,32). The lowest BCUT2D eigenvalue weighted by Gasteiger charge is -2.37. The molecule has 2 aromatic carbocycles. The van der Waals surface area contributed by atoms with Gasteiger partial charge in [-0.25, -0.2) is 14.6 Å². The van der Waals surface area contributed by atoms with E-state index in [9.17, 15) is 19.5 Å². The van der Waals surface area contributed by atoms with Crippen LogP contribution in [-0.2, 0) is 11.3 Å². The van der Waals surface area contributed by atoms with E-state index in [-0.39, 0.29) is 11.5 Å². The van der Waals surface area contributed by atoms with Gasteiger partial charge in [-0.3, -0.25) is 15.0 Å². The number of urea groups is 1. The van der Waals surface area contributed by atoms with Crippen LogP contribution in [0.2, 0.25) is 0 Å². The lowest BCUT2D eigenvalue weighted by atomic mass is 9.87. The van der Waals surface area contributed by atoms with Crippen molar-refractivity contribution < 1.29 is 19.5 Å². The zero-order valence-electron chi connectivity index (χ0n) is 17.3. The van der Waals surface area contributed by atoms with E-state index in [0.29, 0.717) is 54.6 Å². The van der Waals surface area contributed by atoms with Crippen LogP contribution in [0, 0.1) is 0 Å². The van der Waals surface area contributed by atoms with Crippen molar-refractivity contribution in [3.8, 4) is 11.3 Å². The van der Waals surface area contributed by atoms with Gasteiger partial charge in [-0.15, -0.1) is 0 Å². The molecule has 8 nitrogen and oxygen atoms in total. The van der Waals surface area contributed by atoms with E-state index in [1.165, 1.54) is 0 Å². The number of amides is 3. The molecule has 1 spiro atoms. The van der Waals surface area contributed by atoms with Crippen molar-refractivity contribution in [2.24, 2.45) is 0 Å². The molecular weight excluding hydrogens is 408 g/mol. The van der Waals surface area contributed by atoms with Crippen LogP contribution in [-0.4, -0.2) is 51.5 Å². The summed E-state index contributed by atoms with van der Waals surface area (Å²) in [6.07, 6.45) is 0.934. The summed E-state index contributed by atoms with van der Waals surface area (Å²) in [5.74, 6) is -1.28. The molecule has 2 saturated heterocycles. The van der Waals surface area contributed by atoms with Gasteiger partial charge in [0.1, 0.15) is 5.54 Å². The van der Waals surface area contributed by atoms with Gasteiger partial charge in [0.05, 0.1) is 16.8 Å². The number of benzene rings is 2. The summed E-state index contributed by atoms with van der Waals surface area (Å²) in [5, 5.41) is 15.8. The van der Waals surface area contributed by atoms with Crippen LogP contribution in [0.4, 0.5) is 4.79 Å². The fourth-order valence-electron chi connectivity index (χ4n) is 4.68. The summed E-state index contributed by atoms with van der Waals surface area (Å²) < 4.78 is 0. The largest absolute Gasteiger partial charge is 0.478 e. The Morgan fingerprint density at radius 3 is 2.38 bits per heavy atom. The number of piperidine rings is 1. The molecule has 2 aliphatic rings. The molecule has 0 bridgehead atoms. The number of aromatic carboxylic acids is 1. The van der Waals surface area contributed by atoms with E-state index in [0.717, 1.165) is 5.56 Å². The Bertz CT molecular complexity index is 1230. The van der Waals surface area contributed by atoms with Gasteiger partial charge in [0.25, 0.3) is 5.91 Å². The Kier molecular flexibility index (Phi) is 4.86. The number of rotatable bonds is 4. The first-order chi connectivity index (χ1) is 15.5. The number of carboxylic acid groups (broad SMARTS) is 1. The van der Waals surface area contributed by atoms with Crippen molar-refractivity contribution in [2.75, 3.05) is 13.1 Å². The highest BCUT2D eigenvalue weighted by molar-refractivity contribution is 6.07. The second-order valence-electron chi connectivity index (χ2n) is 8.27. The molecule has 32 heavy (non-hydrogen) atoms. The summed E-state index contributed by atoms with van der Waals surface area (Å²) in [4.78, 5) is 43.2. The van der Waals surface area contributed by atoms with E-state index in [2.05, 4.69) is 15.5 Å². The molecule has 2 fully saturated rings. The van der Waals surface area contributed by atoms with Gasteiger partial charge in [-0.05, 0) is 18.9 Å². The van der Waals surface area contributed by atoms with E-state index in [1.54, 1.807) is 6.07 Å².